The van der Waals surface area contributed by atoms with Crippen LogP contribution >= 0.6 is 11.6 Å². The molecule has 1 aromatic rings. The number of nitrogens with zero attached hydrogens (tertiary/aromatic N) is 1. The maximum Gasteiger partial charge on any atom is 0.137 e. The van der Waals surface area contributed by atoms with Crippen molar-refractivity contribution in [3.8, 4) is 11.8 Å². The van der Waals surface area contributed by atoms with Gasteiger partial charge >= 0.3 is 0 Å². The molecule has 0 N–H and O–H groups in total. The normalized spacial score (nSPS) is 9.67. The van der Waals surface area contributed by atoms with Crippen LogP contribution < -0.4 is 4.74 Å². The molecule has 0 radical (unpaired) electrons. The third-order valence-electron chi connectivity index (χ3n) is 2.07. The summed E-state index contributed by atoms with van der Waals surface area (Å²) in [6.45, 7) is 2.80. The molecule has 0 spiro atoms. The molecule has 0 fully saturated rings. The highest BCUT2D eigenvalue weighted by Gasteiger charge is 2.03. The van der Waals surface area contributed by atoms with Crippen molar-refractivity contribution < 1.29 is 4.74 Å². The first-order valence-corrected chi connectivity index (χ1v) is 5.48. The SMILES string of the molecule is CCCCCOc1ccc(Cl)cc1C#N. The number of ether oxygens (including phenoxy) is 1. The Balaban J connectivity index is 2.57. The summed E-state index contributed by atoms with van der Waals surface area (Å²) in [5, 5.41) is 9.42. The number of rotatable bonds is 5. The number of benzene rings is 1. The second-order valence-electron chi connectivity index (χ2n) is 3.31. The van der Waals surface area contributed by atoms with E-state index in [2.05, 4.69) is 13.0 Å². The highest BCUT2D eigenvalue weighted by atomic mass is 35.5. The summed E-state index contributed by atoms with van der Waals surface area (Å²) in [5.74, 6) is 0.623. The average Bonchev–Trinajstić information content (AvgIpc) is 2.26. The molecular weight excluding hydrogens is 210 g/mol. The molecule has 0 unspecified atom stereocenters. The van der Waals surface area contributed by atoms with Gasteiger partial charge in [0.1, 0.15) is 11.8 Å². The molecule has 2 nitrogen and oxygen atoms in total. The second-order valence-corrected chi connectivity index (χ2v) is 3.74. The van der Waals surface area contributed by atoms with Crippen LogP contribution in [0.2, 0.25) is 5.02 Å². The molecule has 80 valence electrons. The number of hydrogen-bond acceptors (Lipinski definition) is 2. The smallest absolute Gasteiger partial charge is 0.137 e. The van der Waals surface area contributed by atoms with Gasteiger partial charge in [-0.05, 0) is 24.6 Å². The Hall–Kier alpha value is -1.20. The van der Waals surface area contributed by atoms with E-state index in [0.29, 0.717) is 22.9 Å². The second kappa shape index (κ2) is 6.31. The van der Waals surface area contributed by atoms with Crippen molar-refractivity contribution in [2.24, 2.45) is 0 Å². The van der Waals surface area contributed by atoms with E-state index in [4.69, 9.17) is 21.6 Å². The van der Waals surface area contributed by atoms with Crippen LogP contribution in [0.5, 0.6) is 5.75 Å². The summed E-state index contributed by atoms with van der Waals surface area (Å²) < 4.78 is 5.50. The van der Waals surface area contributed by atoms with Crippen LogP contribution in [0.3, 0.4) is 0 Å². The monoisotopic (exact) mass is 223 g/mol. The van der Waals surface area contributed by atoms with E-state index in [1.807, 2.05) is 0 Å². The first-order valence-electron chi connectivity index (χ1n) is 5.10. The fraction of sp³-hybridized carbons (Fsp3) is 0.417. The van der Waals surface area contributed by atoms with Crippen molar-refractivity contribution in [2.75, 3.05) is 6.61 Å². The largest absolute Gasteiger partial charge is 0.492 e. The highest BCUT2D eigenvalue weighted by molar-refractivity contribution is 6.30. The minimum atomic E-state index is 0.499. The summed E-state index contributed by atoms with van der Waals surface area (Å²) >= 11 is 5.77. The molecule has 0 amide bonds. The summed E-state index contributed by atoms with van der Waals surface area (Å²) in [5.41, 5.74) is 0.499. The van der Waals surface area contributed by atoms with E-state index < -0.39 is 0 Å². The van der Waals surface area contributed by atoms with Gasteiger partial charge in [0.15, 0.2) is 0 Å². The maximum atomic E-state index is 8.86. The van der Waals surface area contributed by atoms with Gasteiger partial charge in [-0.1, -0.05) is 31.4 Å². The molecule has 0 aliphatic rings. The van der Waals surface area contributed by atoms with Crippen LogP contribution in [0.4, 0.5) is 0 Å². The lowest BCUT2D eigenvalue weighted by Gasteiger charge is -2.07. The standard InChI is InChI=1S/C12H14ClNO/c1-2-3-4-7-15-12-6-5-11(13)8-10(12)9-14/h5-6,8H,2-4,7H2,1H3. The van der Waals surface area contributed by atoms with Crippen LogP contribution in [-0.4, -0.2) is 6.61 Å². The van der Waals surface area contributed by atoms with Crippen molar-refractivity contribution in [1.29, 1.82) is 5.26 Å². The van der Waals surface area contributed by atoms with Crippen molar-refractivity contribution in [1.82, 2.24) is 0 Å². The molecule has 15 heavy (non-hydrogen) atoms. The lowest BCUT2D eigenvalue weighted by Crippen LogP contribution is -1.98. The molecule has 0 saturated carbocycles. The lowest BCUT2D eigenvalue weighted by molar-refractivity contribution is 0.305. The topological polar surface area (TPSA) is 33.0 Å². The van der Waals surface area contributed by atoms with Crippen molar-refractivity contribution in [3.05, 3.63) is 28.8 Å². The van der Waals surface area contributed by atoms with Crippen molar-refractivity contribution in [2.45, 2.75) is 26.2 Å². The van der Waals surface area contributed by atoms with E-state index in [1.165, 1.54) is 0 Å². The van der Waals surface area contributed by atoms with Gasteiger partial charge in [0.25, 0.3) is 0 Å². The molecule has 0 bridgehead atoms. The zero-order valence-electron chi connectivity index (χ0n) is 8.79. The Kier molecular flexibility index (Phi) is 5.00. The molecular formula is C12H14ClNO. The van der Waals surface area contributed by atoms with Crippen LogP contribution in [0.25, 0.3) is 0 Å². The predicted molar refractivity (Wildman–Crippen MR) is 61.2 cm³/mol. The minimum absolute atomic E-state index is 0.499. The molecule has 0 aliphatic carbocycles. The van der Waals surface area contributed by atoms with Gasteiger partial charge in [-0.3, -0.25) is 0 Å². The van der Waals surface area contributed by atoms with Crippen LogP contribution in [-0.2, 0) is 0 Å². The number of hydrogen-bond donors (Lipinski definition) is 0. The Bertz CT molecular complexity index is 357. The predicted octanol–water partition coefficient (Wildman–Crippen LogP) is 3.78. The van der Waals surface area contributed by atoms with Gasteiger partial charge in [0.05, 0.1) is 12.2 Å². The summed E-state index contributed by atoms with van der Waals surface area (Å²) in [6, 6.07) is 7.17. The van der Waals surface area contributed by atoms with E-state index in [0.717, 1.165) is 19.3 Å². The third kappa shape index (κ3) is 3.81. The maximum absolute atomic E-state index is 8.86. The van der Waals surface area contributed by atoms with Crippen LogP contribution in [0.1, 0.15) is 31.7 Å². The highest BCUT2D eigenvalue weighted by Crippen LogP contribution is 2.22. The van der Waals surface area contributed by atoms with Gasteiger partial charge in [-0.25, -0.2) is 0 Å². The summed E-state index contributed by atoms with van der Waals surface area (Å²) in [6.07, 6.45) is 3.33. The van der Waals surface area contributed by atoms with Gasteiger partial charge in [-0.15, -0.1) is 0 Å². The van der Waals surface area contributed by atoms with E-state index in [9.17, 15) is 0 Å². The molecule has 0 heterocycles. The summed E-state index contributed by atoms with van der Waals surface area (Å²) in [4.78, 5) is 0. The molecule has 0 atom stereocenters. The first-order chi connectivity index (χ1) is 7.27. The first kappa shape index (κ1) is 11.9. The molecule has 1 rings (SSSR count). The summed E-state index contributed by atoms with van der Waals surface area (Å²) in [7, 11) is 0. The Morgan fingerprint density at radius 3 is 2.87 bits per heavy atom. The number of halogens is 1. The average molecular weight is 224 g/mol. The quantitative estimate of drug-likeness (QED) is 0.712. The minimum Gasteiger partial charge on any atom is -0.492 e. The zero-order valence-corrected chi connectivity index (χ0v) is 9.55. The van der Waals surface area contributed by atoms with E-state index >= 15 is 0 Å². The van der Waals surface area contributed by atoms with Gasteiger partial charge in [0, 0.05) is 5.02 Å². The zero-order chi connectivity index (χ0) is 11.1. The number of nitriles is 1. The van der Waals surface area contributed by atoms with Crippen LogP contribution in [0.15, 0.2) is 18.2 Å². The molecule has 3 heteroatoms. The Morgan fingerprint density at radius 1 is 1.40 bits per heavy atom. The van der Waals surface area contributed by atoms with Gasteiger partial charge in [0.2, 0.25) is 0 Å². The number of unbranched alkanes of at least 4 members (excludes halogenated alkanes) is 2. The van der Waals surface area contributed by atoms with Crippen molar-refractivity contribution in [3.63, 3.8) is 0 Å². The molecule has 0 aliphatic heterocycles. The third-order valence-corrected chi connectivity index (χ3v) is 2.30. The van der Waals surface area contributed by atoms with Gasteiger partial charge in [-0.2, -0.15) is 5.26 Å². The van der Waals surface area contributed by atoms with E-state index in [-0.39, 0.29) is 0 Å². The molecule has 0 saturated heterocycles. The van der Waals surface area contributed by atoms with Gasteiger partial charge < -0.3 is 4.74 Å². The fourth-order valence-electron chi connectivity index (χ4n) is 1.25. The van der Waals surface area contributed by atoms with E-state index in [1.54, 1.807) is 18.2 Å². The Labute approximate surface area is 95.4 Å². The molecule has 1 aromatic carbocycles. The molecule has 0 aromatic heterocycles. The fourth-order valence-corrected chi connectivity index (χ4v) is 1.42. The lowest BCUT2D eigenvalue weighted by atomic mass is 10.2. The Morgan fingerprint density at radius 2 is 2.20 bits per heavy atom. The van der Waals surface area contributed by atoms with Crippen molar-refractivity contribution >= 4 is 11.6 Å². The van der Waals surface area contributed by atoms with Crippen LogP contribution in [0, 0.1) is 11.3 Å².